The molecule has 100 valence electrons. The zero-order valence-electron chi connectivity index (χ0n) is 11.5. The third-order valence-corrected chi connectivity index (χ3v) is 3.49. The van der Waals surface area contributed by atoms with E-state index in [-0.39, 0.29) is 0 Å². The smallest absolute Gasteiger partial charge is 0.152 e. The van der Waals surface area contributed by atoms with Gasteiger partial charge in [0.2, 0.25) is 0 Å². The second-order valence-electron chi connectivity index (χ2n) is 4.77. The van der Waals surface area contributed by atoms with Crippen molar-refractivity contribution in [1.29, 1.82) is 0 Å². The van der Waals surface area contributed by atoms with Crippen LogP contribution < -0.4 is 4.74 Å². The molecule has 0 fully saturated rings. The number of aryl methyl sites for hydroxylation is 1. The third-order valence-electron chi connectivity index (χ3n) is 3.49. The highest BCUT2D eigenvalue weighted by molar-refractivity contribution is 5.97. The Kier molecular flexibility index (Phi) is 3.03. The van der Waals surface area contributed by atoms with Crippen molar-refractivity contribution >= 4 is 11.8 Å². The highest BCUT2D eigenvalue weighted by atomic mass is 16.5. The van der Waals surface area contributed by atoms with Crippen LogP contribution >= 0.6 is 0 Å². The second kappa shape index (κ2) is 4.85. The fourth-order valence-corrected chi connectivity index (χ4v) is 2.51. The number of pyridine rings is 1. The van der Waals surface area contributed by atoms with Crippen LogP contribution in [0.1, 0.15) is 15.9 Å². The SMILES string of the molecule is COc1ccc(C)cc1-c1cn2ccccc2c1C=O. The van der Waals surface area contributed by atoms with Gasteiger partial charge < -0.3 is 9.14 Å². The zero-order valence-corrected chi connectivity index (χ0v) is 11.5. The number of ether oxygens (including phenoxy) is 1. The second-order valence-corrected chi connectivity index (χ2v) is 4.77. The molecule has 3 nitrogen and oxygen atoms in total. The molecule has 2 aromatic heterocycles. The first-order chi connectivity index (χ1) is 9.74. The number of benzene rings is 1. The van der Waals surface area contributed by atoms with Crippen molar-refractivity contribution in [2.45, 2.75) is 6.92 Å². The predicted molar refractivity (Wildman–Crippen MR) is 79.5 cm³/mol. The zero-order chi connectivity index (χ0) is 14.1. The molecule has 0 aliphatic rings. The summed E-state index contributed by atoms with van der Waals surface area (Å²) in [5.41, 5.74) is 4.56. The van der Waals surface area contributed by atoms with Gasteiger partial charge in [0, 0.05) is 29.1 Å². The fraction of sp³-hybridized carbons (Fsp3) is 0.118. The number of fused-ring (bicyclic) bond motifs is 1. The van der Waals surface area contributed by atoms with Crippen LogP contribution in [0, 0.1) is 6.92 Å². The average molecular weight is 265 g/mol. The number of aldehydes is 1. The molecule has 0 radical (unpaired) electrons. The van der Waals surface area contributed by atoms with Gasteiger partial charge in [-0.2, -0.15) is 0 Å². The predicted octanol–water partition coefficient (Wildman–Crippen LogP) is 3.74. The number of carbonyl (C=O) groups is 1. The van der Waals surface area contributed by atoms with E-state index in [0.29, 0.717) is 5.56 Å². The van der Waals surface area contributed by atoms with E-state index < -0.39 is 0 Å². The largest absolute Gasteiger partial charge is 0.496 e. The maximum absolute atomic E-state index is 11.5. The Hall–Kier alpha value is -2.55. The van der Waals surface area contributed by atoms with Crippen LogP contribution in [-0.2, 0) is 0 Å². The molecular weight excluding hydrogens is 250 g/mol. The van der Waals surface area contributed by atoms with Gasteiger partial charge in [-0.25, -0.2) is 0 Å². The van der Waals surface area contributed by atoms with Gasteiger partial charge in [0.15, 0.2) is 6.29 Å². The molecule has 0 saturated heterocycles. The monoisotopic (exact) mass is 265 g/mol. The molecule has 0 amide bonds. The number of nitrogens with zero attached hydrogens (tertiary/aromatic N) is 1. The first-order valence-corrected chi connectivity index (χ1v) is 6.44. The van der Waals surface area contributed by atoms with Crippen molar-refractivity contribution in [3.05, 3.63) is 59.9 Å². The Morgan fingerprint density at radius 3 is 2.75 bits per heavy atom. The summed E-state index contributed by atoms with van der Waals surface area (Å²) in [7, 11) is 1.64. The van der Waals surface area contributed by atoms with Crippen molar-refractivity contribution in [2.75, 3.05) is 7.11 Å². The van der Waals surface area contributed by atoms with Gasteiger partial charge in [-0.3, -0.25) is 4.79 Å². The molecule has 0 unspecified atom stereocenters. The summed E-state index contributed by atoms with van der Waals surface area (Å²) in [6.07, 6.45) is 4.82. The first-order valence-electron chi connectivity index (χ1n) is 6.44. The van der Waals surface area contributed by atoms with E-state index >= 15 is 0 Å². The highest BCUT2D eigenvalue weighted by Gasteiger charge is 2.15. The molecule has 0 aliphatic heterocycles. The number of carbonyl (C=O) groups excluding carboxylic acids is 1. The standard InChI is InChI=1S/C17H15NO2/c1-12-6-7-17(20-2)13(9-12)14-10-18-8-4-3-5-16(18)15(14)11-19/h3-11H,1-2H3. The molecular formula is C17H15NO2. The summed E-state index contributed by atoms with van der Waals surface area (Å²) in [6.45, 7) is 2.03. The van der Waals surface area contributed by atoms with E-state index in [0.717, 1.165) is 34.2 Å². The van der Waals surface area contributed by atoms with Crippen LogP contribution in [0.15, 0.2) is 48.8 Å². The first kappa shape index (κ1) is 12.5. The molecule has 3 aromatic rings. The third kappa shape index (κ3) is 1.88. The number of methoxy groups -OCH3 is 1. The van der Waals surface area contributed by atoms with Crippen molar-refractivity contribution in [3.63, 3.8) is 0 Å². The quantitative estimate of drug-likeness (QED) is 0.675. The number of rotatable bonds is 3. The minimum absolute atomic E-state index is 0.689. The van der Waals surface area contributed by atoms with Crippen molar-refractivity contribution in [2.24, 2.45) is 0 Å². The lowest BCUT2D eigenvalue weighted by molar-refractivity contribution is 0.112. The molecule has 1 aromatic carbocycles. The van der Waals surface area contributed by atoms with Gasteiger partial charge >= 0.3 is 0 Å². The van der Waals surface area contributed by atoms with Gasteiger partial charge in [-0.15, -0.1) is 0 Å². The molecule has 0 saturated carbocycles. The summed E-state index contributed by atoms with van der Waals surface area (Å²) in [5, 5.41) is 0. The highest BCUT2D eigenvalue weighted by Crippen LogP contribution is 2.35. The van der Waals surface area contributed by atoms with Gasteiger partial charge in [0.1, 0.15) is 5.75 Å². The van der Waals surface area contributed by atoms with Crippen molar-refractivity contribution in [1.82, 2.24) is 4.40 Å². The Labute approximate surface area is 117 Å². The summed E-state index contributed by atoms with van der Waals surface area (Å²) < 4.78 is 7.38. The van der Waals surface area contributed by atoms with E-state index in [9.17, 15) is 4.79 Å². The Balaban J connectivity index is 2.34. The Bertz CT molecular complexity index is 787. The van der Waals surface area contributed by atoms with E-state index in [4.69, 9.17) is 4.74 Å². The van der Waals surface area contributed by atoms with Gasteiger partial charge in [-0.05, 0) is 31.2 Å². The summed E-state index contributed by atoms with van der Waals surface area (Å²) in [4.78, 5) is 11.5. The van der Waals surface area contributed by atoms with Crippen LogP contribution in [0.5, 0.6) is 5.75 Å². The number of hydrogen-bond donors (Lipinski definition) is 0. The fourth-order valence-electron chi connectivity index (χ4n) is 2.51. The summed E-state index contributed by atoms with van der Waals surface area (Å²) >= 11 is 0. The molecule has 2 heterocycles. The van der Waals surface area contributed by atoms with Crippen LogP contribution in [0.25, 0.3) is 16.6 Å². The van der Waals surface area contributed by atoms with Crippen LogP contribution in [0.3, 0.4) is 0 Å². The average Bonchev–Trinajstić information content (AvgIpc) is 2.85. The van der Waals surface area contributed by atoms with E-state index in [2.05, 4.69) is 0 Å². The van der Waals surface area contributed by atoms with E-state index in [1.54, 1.807) is 7.11 Å². The van der Waals surface area contributed by atoms with E-state index in [1.807, 2.05) is 60.1 Å². The van der Waals surface area contributed by atoms with Crippen molar-refractivity contribution in [3.8, 4) is 16.9 Å². The topological polar surface area (TPSA) is 30.7 Å². The molecule has 0 bridgehead atoms. The van der Waals surface area contributed by atoms with Crippen LogP contribution in [-0.4, -0.2) is 17.8 Å². The lowest BCUT2D eigenvalue weighted by atomic mass is 10.0. The summed E-state index contributed by atoms with van der Waals surface area (Å²) in [6, 6.07) is 11.8. The maximum atomic E-state index is 11.5. The molecule has 20 heavy (non-hydrogen) atoms. The number of hydrogen-bond acceptors (Lipinski definition) is 2. The summed E-state index contributed by atoms with van der Waals surface area (Å²) in [5.74, 6) is 0.773. The molecule has 3 rings (SSSR count). The lowest BCUT2D eigenvalue weighted by Crippen LogP contribution is -1.90. The van der Waals surface area contributed by atoms with Crippen molar-refractivity contribution < 1.29 is 9.53 Å². The molecule has 3 heteroatoms. The normalized spacial score (nSPS) is 10.7. The number of aromatic nitrogens is 1. The Morgan fingerprint density at radius 2 is 2.00 bits per heavy atom. The van der Waals surface area contributed by atoms with Crippen LogP contribution in [0.2, 0.25) is 0 Å². The maximum Gasteiger partial charge on any atom is 0.152 e. The Morgan fingerprint density at radius 1 is 1.15 bits per heavy atom. The van der Waals surface area contributed by atoms with Gasteiger partial charge in [0.05, 0.1) is 12.6 Å². The van der Waals surface area contributed by atoms with Gasteiger partial charge in [0.25, 0.3) is 0 Å². The van der Waals surface area contributed by atoms with Gasteiger partial charge in [-0.1, -0.05) is 17.7 Å². The van der Waals surface area contributed by atoms with E-state index in [1.165, 1.54) is 0 Å². The molecule has 0 aliphatic carbocycles. The molecule has 0 atom stereocenters. The molecule has 0 spiro atoms. The minimum atomic E-state index is 0.689. The van der Waals surface area contributed by atoms with Crippen LogP contribution in [0.4, 0.5) is 0 Å². The lowest BCUT2D eigenvalue weighted by Gasteiger charge is -2.08. The minimum Gasteiger partial charge on any atom is -0.496 e. The molecule has 0 N–H and O–H groups in total.